The van der Waals surface area contributed by atoms with Crippen molar-refractivity contribution in [2.45, 2.75) is 38.6 Å². The van der Waals surface area contributed by atoms with Crippen LogP contribution in [0.4, 0.5) is 0 Å². The van der Waals surface area contributed by atoms with Gasteiger partial charge in [0.05, 0.1) is 5.92 Å². The molecule has 5 nitrogen and oxygen atoms in total. The summed E-state index contributed by atoms with van der Waals surface area (Å²) in [6.07, 6.45) is 3.06. The molecule has 5 heteroatoms. The second-order valence-corrected chi connectivity index (χ2v) is 4.23. The van der Waals surface area contributed by atoms with Crippen LogP contribution < -0.4 is 10.6 Å². The largest absolute Gasteiger partial charge is 0.480 e. The van der Waals surface area contributed by atoms with Crippen LogP contribution in [0.2, 0.25) is 0 Å². The van der Waals surface area contributed by atoms with Gasteiger partial charge in [0.25, 0.3) is 0 Å². The Kier molecular flexibility index (Phi) is 5.25. The molecule has 16 heavy (non-hydrogen) atoms. The monoisotopic (exact) mass is 228 g/mol. The van der Waals surface area contributed by atoms with Crippen LogP contribution in [0.3, 0.4) is 0 Å². The molecule has 92 valence electrons. The second-order valence-electron chi connectivity index (χ2n) is 4.23. The van der Waals surface area contributed by atoms with Gasteiger partial charge in [0.1, 0.15) is 6.04 Å². The molecule has 0 aliphatic carbocycles. The highest BCUT2D eigenvalue weighted by atomic mass is 16.4. The first-order valence-electron chi connectivity index (χ1n) is 5.89. The third-order valence-corrected chi connectivity index (χ3v) is 2.86. The van der Waals surface area contributed by atoms with Gasteiger partial charge in [-0.05, 0) is 25.8 Å². The van der Waals surface area contributed by atoms with Gasteiger partial charge in [0.15, 0.2) is 0 Å². The highest BCUT2D eigenvalue weighted by Gasteiger charge is 2.25. The van der Waals surface area contributed by atoms with Gasteiger partial charge in [0, 0.05) is 6.54 Å². The van der Waals surface area contributed by atoms with Crippen molar-refractivity contribution in [3.63, 3.8) is 0 Å². The number of carbonyl (C=O) groups excluding carboxylic acids is 1. The van der Waals surface area contributed by atoms with Crippen molar-refractivity contribution in [3.05, 3.63) is 0 Å². The molecule has 0 spiro atoms. The molecule has 1 aliphatic heterocycles. The Balaban J connectivity index is 2.43. The van der Waals surface area contributed by atoms with Crippen molar-refractivity contribution in [2.24, 2.45) is 5.92 Å². The summed E-state index contributed by atoms with van der Waals surface area (Å²) in [4.78, 5) is 22.7. The molecule has 0 saturated carbocycles. The molecule has 1 heterocycles. The molecule has 0 aromatic carbocycles. The molecule has 1 amide bonds. The Morgan fingerprint density at radius 3 is 2.81 bits per heavy atom. The van der Waals surface area contributed by atoms with E-state index in [0.29, 0.717) is 13.0 Å². The van der Waals surface area contributed by atoms with Gasteiger partial charge >= 0.3 is 5.97 Å². The van der Waals surface area contributed by atoms with Crippen molar-refractivity contribution in [2.75, 3.05) is 13.1 Å². The van der Waals surface area contributed by atoms with E-state index >= 15 is 0 Å². The predicted molar refractivity (Wildman–Crippen MR) is 60.1 cm³/mol. The van der Waals surface area contributed by atoms with E-state index in [-0.39, 0.29) is 11.8 Å². The van der Waals surface area contributed by atoms with Crippen molar-refractivity contribution >= 4 is 11.9 Å². The lowest BCUT2D eigenvalue weighted by atomic mass is 9.98. The summed E-state index contributed by atoms with van der Waals surface area (Å²) < 4.78 is 0. The fourth-order valence-corrected chi connectivity index (χ4v) is 1.91. The Hall–Kier alpha value is -1.10. The zero-order valence-corrected chi connectivity index (χ0v) is 9.66. The zero-order chi connectivity index (χ0) is 12.0. The average molecular weight is 228 g/mol. The summed E-state index contributed by atoms with van der Waals surface area (Å²) in [5, 5.41) is 14.7. The van der Waals surface area contributed by atoms with Gasteiger partial charge in [-0.3, -0.25) is 4.79 Å². The fraction of sp³-hybridized carbons (Fsp3) is 0.818. The van der Waals surface area contributed by atoms with E-state index in [0.717, 1.165) is 25.8 Å². The molecule has 1 saturated heterocycles. The topological polar surface area (TPSA) is 78.4 Å². The minimum Gasteiger partial charge on any atom is -0.480 e. The van der Waals surface area contributed by atoms with Crippen LogP contribution in [-0.4, -0.2) is 36.1 Å². The van der Waals surface area contributed by atoms with E-state index in [1.807, 2.05) is 6.92 Å². The molecule has 3 N–H and O–H groups in total. The lowest BCUT2D eigenvalue weighted by Gasteiger charge is -2.23. The van der Waals surface area contributed by atoms with Crippen LogP contribution in [0, 0.1) is 5.92 Å². The van der Waals surface area contributed by atoms with Gasteiger partial charge in [-0.1, -0.05) is 13.3 Å². The first-order valence-corrected chi connectivity index (χ1v) is 5.89. The van der Waals surface area contributed by atoms with Crippen molar-refractivity contribution in [1.29, 1.82) is 0 Å². The molecule has 1 aliphatic rings. The van der Waals surface area contributed by atoms with E-state index in [2.05, 4.69) is 10.6 Å². The quantitative estimate of drug-likeness (QED) is 0.634. The molecule has 0 radical (unpaired) electrons. The Morgan fingerprint density at radius 1 is 1.56 bits per heavy atom. The highest BCUT2D eigenvalue weighted by Crippen LogP contribution is 2.10. The number of hydrogen-bond donors (Lipinski definition) is 3. The average Bonchev–Trinajstić information content (AvgIpc) is 2.29. The molecule has 0 bridgehead atoms. The van der Waals surface area contributed by atoms with Gasteiger partial charge in [0.2, 0.25) is 5.91 Å². The van der Waals surface area contributed by atoms with Crippen LogP contribution in [0.15, 0.2) is 0 Å². The van der Waals surface area contributed by atoms with E-state index in [4.69, 9.17) is 5.11 Å². The minimum absolute atomic E-state index is 0.0764. The third-order valence-electron chi connectivity index (χ3n) is 2.86. The van der Waals surface area contributed by atoms with Gasteiger partial charge in [-0.15, -0.1) is 0 Å². The highest BCUT2D eigenvalue weighted by molar-refractivity contribution is 5.85. The maximum Gasteiger partial charge on any atom is 0.326 e. The van der Waals surface area contributed by atoms with Crippen molar-refractivity contribution in [3.8, 4) is 0 Å². The van der Waals surface area contributed by atoms with E-state index in [9.17, 15) is 9.59 Å². The lowest BCUT2D eigenvalue weighted by Crippen LogP contribution is -2.47. The van der Waals surface area contributed by atoms with Gasteiger partial charge in [-0.2, -0.15) is 0 Å². The smallest absolute Gasteiger partial charge is 0.326 e. The van der Waals surface area contributed by atoms with Crippen molar-refractivity contribution < 1.29 is 14.7 Å². The maximum atomic E-state index is 11.8. The Labute approximate surface area is 95.6 Å². The van der Waals surface area contributed by atoms with Crippen LogP contribution in [0.5, 0.6) is 0 Å². The molecule has 0 aromatic rings. The van der Waals surface area contributed by atoms with E-state index in [1.165, 1.54) is 0 Å². The zero-order valence-electron chi connectivity index (χ0n) is 9.66. The van der Waals surface area contributed by atoms with Crippen LogP contribution in [0.1, 0.15) is 32.6 Å². The minimum atomic E-state index is -0.945. The Morgan fingerprint density at radius 2 is 2.31 bits per heavy atom. The number of piperidine rings is 1. The van der Waals surface area contributed by atoms with Crippen molar-refractivity contribution in [1.82, 2.24) is 10.6 Å². The van der Waals surface area contributed by atoms with E-state index in [1.54, 1.807) is 0 Å². The molecule has 0 aromatic heterocycles. The van der Waals surface area contributed by atoms with Gasteiger partial charge < -0.3 is 15.7 Å². The van der Waals surface area contributed by atoms with Crippen LogP contribution in [-0.2, 0) is 9.59 Å². The van der Waals surface area contributed by atoms with E-state index < -0.39 is 12.0 Å². The molecule has 1 rings (SSSR count). The standard InChI is InChI=1S/C11H20N2O3/c1-2-4-9(11(15)16)13-10(14)8-5-3-6-12-7-8/h8-9,12H,2-7H2,1H3,(H,13,14)(H,15,16)/t8-,9+/m1/s1. The number of rotatable bonds is 5. The summed E-state index contributed by atoms with van der Waals surface area (Å²) in [5.74, 6) is -1.15. The third kappa shape index (κ3) is 3.81. The molecule has 1 fully saturated rings. The molecular formula is C11H20N2O3. The number of carbonyl (C=O) groups is 2. The fourth-order valence-electron chi connectivity index (χ4n) is 1.91. The maximum absolute atomic E-state index is 11.8. The summed E-state index contributed by atoms with van der Waals surface area (Å²) in [5.41, 5.74) is 0. The number of amides is 1. The SMILES string of the molecule is CCC[C@H](NC(=O)[C@@H]1CCCNC1)C(=O)O. The number of hydrogen-bond acceptors (Lipinski definition) is 3. The summed E-state index contributed by atoms with van der Waals surface area (Å²) in [7, 11) is 0. The number of aliphatic carboxylic acids is 1. The Bertz CT molecular complexity index is 250. The first kappa shape index (κ1) is 13.0. The molecular weight excluding hydrogens is 208 g/mol. The lowest BCUT2D eigenvalue weighted by molar-refractivity contribution is -0.142. The predicted octanol–water partition coefficient (Wildman–Crippen LogP) is 0.356. The first-order chi connectivity index (χ1) is 7.65. The summed E-state index contributed by atoms with van der Waals surface area (Å²) in [6, 6.07) is -0.737. The summed E-state index contributed by atoms with van der Waals surface area (Å²) >= 11 is 0. The number of carboxylic acid groups (broad SMARTS) is 1. The molecule has 2 atom stereocenters. The molecule has 0 unspecified atom stereocenters. The van der Waals surface area contributed by atoms with Gasteiger partial charge in [-0.25, -0.2) is 4.79 Å². The normalized spacial score (nSPS) is 22.4. The van der Waals surface area contributed by atoms with Crippen LogP contribution >= 0.6 is 0 Å². The summed E-state index contributed by atoms with van der Waals surface area (Å²) in [6.45, 7) is 3.51. The van der Waals surface area contributed by atoms with Crippen LogP contribution in [0.25, 0.3) is 0 Å². The second kappa shape index (κ2) is 6.48. The number of nitrogens with one attached hydrogen (secondary N) is 2. The number of carboxylic acids is 1.